The molecule has 1 aliphatic carbocycles. The van der Waals surface area contributed by atoms with E-state index in [-0.39, 0.29) is 10.6 Å². The average Bonchev–Trinajstić information content (AvgIpc) is 2.45. The van der Waals surface area contributed by atoms with Gasteiger partial charge in [-0.05, 0) is 18.8 Å². The molecule has 0 saturated heterocycles. The van der Waals surface area contributed by atoms with Crippen LogP contribution in [0.3, 0.4) is 0 Å². The first-order valence-corrected chi connectivity index (χ1v) is 7.18. The van der Waals surface area contributed by atoms with Gasteiger partial charge in [-0.3, -0.25) is 10.1 Å². The van der Waals surface area contributed by atoms with Crippen molar-refractivity contribution in [3.63, 3.8) is 0 Å². The van der Waals surface area contributed by atoms with Crippen LogP contribution < -0.4 is 5.32 Å². The molecule has 0 spiro atoms. The standard InChI is InChI=1S/C15H22N2O2/c1-2-12-7-3-5-9-14(12)16-11-13-8-4-6-10-15(13)17(18)19/h4,6,8,10,12,14,16H,2-3,5,7,9,11H2,1H3. The van der Waals surface area contributed by atoms with Crippen molar-refractivity contribution in [1.82, 2.24) is 5.32 Å². The van der Waals surface area contributed by atoms with Crippen molar-refractivity contribution in [3.8, 4) is 0 Å². The fourth-order valence-corrected chi connectivity index (χ4v) is 3.04. The highest BCUT2D eigenvalue weighted by Gasteiger charge is 2.23. The first-order valence-electron chi connectivity index (χ1n) is 7.18. The number of hydrogen-bond donors (Lipinski definition) is 1. The first-order chi connectivity index (χ1) is 9.22. The number of nitrogens with one attached hydrogen (secondary N) is 1. The highest BCUT2D eigenvalue weighted by molar-refractivity contribution is 5.39. The Morgan fingerprint density at radius 3 is 2.79 bits per heavy atom. The molecule has 19 heavy (non-hydrogen) atoms. The van der Waals surface area contributed by atoms with Gasteiger partial charge in [0.1, 0.15) is 0 Å². The van der Waals surface area contributed by atoms with Gasteiger partial charge in [-0.2, -0.15) is 0 Å². The Morgan fingerprint density at radius 1 is 1.32 bits per heavy atom. The van der Waals surface area contributed by atoms with Gasteiger partial charge < -0.3 is 5.32 Å². The lowest BCUT2D eigenvalue weighted by Crippen LogP contribution is -2.37. The number of para-hydroxylation sites is 1. The summed E-state index contributed by atoms with van der Waals surface area (Å²) in [5.41, 5.74) is 1.01. The molecular formula is C15H22N2O2. The number of nitro benzene ring substituents is 1. The molecule has 4 heteroatoms. The fourth-order valence-electron chi connectivity index (χ4n) is 3.04. The summed E-state index contributed by atoms with van der Waals surface area (Å²) in [6.07, 6.45) is 6.26. The second-order valence-corrected chi connectivity index (χ2v) is 5.33. The van der Waals surface area contributed by atoms with Crippen LogP contribution in [-0.4, -0.2) is 11.0 Å². The van der Waals surface area contributed by atoms with Gasteiger partial charge in [-0.15, -0.1) is 0 Å². The number of rotatable bonds is 5. The molecule has 0 amide bonds. The Kier molecular flexibility index (Phi) is 4.91. The molecule has 2 atom stereocenters. The van der Waals surface area contributed by atoms with E-state index in [1.54, 1.807) is 12.1 Å². The molecular weight excluding hydrogens is 240 g/mol. The van der Waals surface area contributed by atoms with Gasteiger partial charge in [-0.1, -0.05) is 44.4 Å². The van der Waals surface area contributed by atoms with Crippen LogP contribution in [0.1, 0.15) is 44.6 Å². The normalized spacial score (nSPS) is 23.2. The zero-order chi connectivity index (χ0) is 13.7. The number of nitro groups is 1. The second kappa shape index (κ2) is 6.66. The monoisotopic (exact) mass is 262 g/mol. The minimum absolute atomic E-state index is 0.221. The number of hydrogen-bond acceptors (Lipinski definition) is 3. The Balaban J connectivity index is 2.00. The summed E-state index contributed by atoms with van der Waals surface area (Å²) < 4.78 is 0. The van der Waals surface area contributed by atoms with Crippen LogP contribution in [0.2, 0.25) is 0 Å². The summed E-state index contributed by atoms with van der Waals surface area (Å²) >= 11 is 0. The van der Waals surface area contributed by atoms with Crippen LogP contribution in [0.4, 0.5) is 5.69 Å². The quantitative estimate of drug-likeness (QED) is 0.651. The summed E-state index contributed by atoms with van der Waals surface area (Å²) in [5.74, 6) is 0.719. The van der Waals surface area contributed by atoms with Gasteiger partial charge in [0, 0.05) is 24.2 Å². The maximum absolute atomic E-state index is 11.0. The molecule has 0 bridgehead atoms. The third-order valence-electron chi connectivity index (χ3n) is 4.18. The molecule has 2 rings (SSSR count). The largest absolute Gasteiger partial charge is 0.309 e. The van der Waals surface area contributed by atoms with Crippen molar-refractivity contribution in [3.05, 3.63) is 39.9 Å². The molecule has 0 heterocycles. The predicted octanol–water partition coefficient (Wildman–Crippen LogP) is 3.65. The van der Waals surface area contributed by atoms with Gasteiger partial charge in [0.05, 0.1) is 4.92 Å². The fraction of sp³-hybridized carbons (Fsp3) is 0.600. The SMILES string of the molecule is CCC1CCCCC1NCc1ccccc1[N+](=O)[O-]. The van der Waals surface area contributed by atoms with Crippen molar-refractivity contribution in [2.45, 2.75) is 51.6 Å². The van der Waals surface area contributed by atoms with E-state index in [9.17, 15) is 10.1 Å². The molecule has 1 fully saturated rings. The molecule has 0 radical (unpaired) electrons. The summed E-state index contributed by atoms with van der Waals surface area (Å²) in [7, 11) is 0. The Hall–Kier alpha value is -1.42. The summed E-state index contributed by atoms with van der Waals surface area (Å²) in [4.78, 5) is 10.7. The van der Waals surface area contributed by atoms with E-state index in [1.165, 1.54) is 32.1 Å². The lowest BCUT2D eigenvalue weighted by atomic mass is 9.83. The molecule has 1 N–H and O–H groups in total. The van der Waals surface area contributed by atoms with Crippen LogP contribution in [0.15, 0.2) is 24.3 Å². The summed E-state index contributed by atoms with van der Waals surface area (Å²) in [5, 5.41) is 14.5. The van der Waals surface area contributed by atoms with Crippen LogP contribution >= 0.6 is 0 Å². The van der Waals surface area contributed by atoms with Crippen molar-refractivity contribution in [1.29, 1.82) is 0 Å². The molecule has 1 aromatic rings. The van der Waals surface area contributed by atoms with Gasteiger partial charge in [0.15, 0.2) is 0 Å². The summed E-state index contributed by atoms with van der Waals surface area (Å²) in [6, 6.07) is 7.52. The second-order valence-electron chi connectivity index (χ2n) is 5.33. The average molecular weight is 262 g/mol. The zero-order valence-corrected chi connectivity index (χ0v) is 11.5. The number of benzene rings is 1. The maximum atomic E-state index is 11.0. The Morgan fingerprint density at radius 2 is 2.05 bits per heavy atom. The maximum Gasteiger partial charge on any atom is 0.273 e. The minimum atomic E-state index is -0.296. The number of nitrogens with zero attached hydrogens (tertiary/aromatic N) is 1. The molecule has 0 aromatic heterocycles. The van der Waals surface area contributed by atoms with E-state index in [1.807, 2.05) is 12.1 Å². The van der Waals surface area contributed by atoms with Crippen molar-refractivity contribution >= 4 is 5.69 Å². The van der Waals surface area contributed by atoms with E-state index < -0.39 is 0 Å². The van der Waals surface area contributed by atoms with E-state index in [4.69, 9.17) is 0 Å². The third-order valence-corrected chi connectivity index (χ3v) is 4.18. The highest BCUT2D eigenvalue weighted by Crippen LogP contribution is 2.27. The van der Waals surface area contributed by atoms with Crippen LogP contribution in [-0.2, 0) is 6.54 Å². The van der Waals surface area contributed by atoms with Crippen molar-refractivity contribution < 1.29 is 4.92 Å². The Labute approximate surface area is 114 Å². The summed E-state index contributed by atoms with van der Waals surface area (Å²) in [6.45, 7) is 2.83. The smallest absolute Gasteiger partial charge is 0.273 e. The lowest BCUT2D eigenvalue weighted by molar-refractivity contribution is -0.385. The molecule has 1 aromatic carbocycles. The minimum Gasteiger partial charge on any atom is -0.309 e. The molecule has 4 nitrogen and oxygen atoms in total. The van der Waals surface area contributed by atoms with E-state index >= 15 is 0 Å². The molecule has 1 aliphatic rings. The van der Waals surface area contributed by atoms with Gasteiger partial charge >= 0.3 is 0 Å². The third kappa shape index (κ3) is 3.53. The van der Waals surface area contributed by atoms with Crippen LogP contribution in [0, 0.1) is 16.0 Å². The molecule has 1 saturated carbocycles. The predicted molar refractivity (Wildman–Crippen MR) is 76.0 cm³/mol. The van der Waals surface area contributed by atoms with Gasteiger partial charge in [0.25, 0.3) is 5.69 Å². The van der Waals surface area contributed by atoms with Gasteiger partial charge in [0.2, 0.25) is 0 Å². The van der Waals surface area contributed by atoms with E-state index in [0.29, 0.717) is 12.6 Å². The van der Waals surface area contributed by atoms with Gasteiger partial charge in [-0.25, -0.2) is 0 Å². The van der Waals surface area contributed by atoms with Crippen LogP contribution in [0.5, 0.6) is 0 Å². The lowest BCUT2D eigenvalue weighted by Gasteiger charge is -2.31. The molecule has 2 unspecified atom stereocenters. The van der Waals surface area contributed by atoms with Crippen LogP contribution in [0.25, 0.3) is 0 Å². The Bertz CT molecular complexity index is 434. The zero-order valence-electron chi connectivity index (χ0n) is 11.5. The van der Waals surface area contributed by atoms with E-state index in [0.717, 1.165) is 11.5 Å². The molecule has 104 valence electrons. The van der Waals surface area contributed by atoms with E-state index in [2.05, 4.69) is 12.2 Å². The van der Waals surface area contributed by atoms with Crippen molar-refractivity contribution in [2.75, 3.05) is 0 Å². The highest BCUT2D eigenvalue weighted by atomic mass is 16.6. The topological polar surface area (TPSA) is 55.2 Å². The molecule has 0 aliphatic heterocycles. The van der Waals surface area contributed by atoms with Crippen molar-refractivity contribution in [2.24, 2.45) is 5.92 Å². The first kappa shape index (κ1) is 14.0.